The predicted octanol–water partition coefficient (Wildman–Crippen LogP) is 3.30. The number of ether oxygens (including phenoxy) is 3. The van der Waals surface area contributed by atoms with Crippen molar-refractivity contribution in [2.24, 2.45) is 5.92 Å². The van der Waals surface area contributed by atoms with E-state index in [1.165, 1.54) is 27.5 Å². The third-order valence-corrected chi connectivity index (χ3v) is 5.16. The molecule has 1 aromatic carbocycles. The van der Waals surface area contributed by atoms with Crippen molar-refractivity contribution in [3.8, 4) is 11.5 Å². The van der Waals surface area contributed by atoms with Gasteiger partial charge in [0, 0.05) is 17.5 Å². The molecule has 1 aliphatic carbocycles. The number of esters is 1. The Bertz CT molecular complexity index is 893. The molecule has 1 aromatic heterocycles. The molecule has 28 heavy (non-hydrogen) atoms. The van der Waals surface area contributed by atoms with Gasteiger partial charge in [-0.15, -0.1) is 0 Å². The van der Waals surface area contributed by atoms with E-state index in [4.69, 9.17) is 14.2 Å². The number of nitrogens with zero attached hydrogens (tertiary/aromatic N) is 2. The van der Waals surface area contributed by atoms with Crippen molar-refractivity contribution in [2.45, 2.75) is 31.7 Å². The minimum Gasteiger partial charge on any atom is -0.493 e. The molecule has 9 nitrogen and oxygen atoms in total. The smallest absolute Gasteiger partial charge is 0.311 e. The summed E-state index contributed by atoms with van der Waals surface area (Å²) >= 11 is 0. The molecule has 0 aliphatic heterocycles. The lowest BCUT2D eigenvalue weighted by molar-refractivity contribution is -0.384. The first-order valence-corrected chi connectivity index (χ1v) is 9.02. The molecule has 1 aliphatic rings. The lowest BCUT2D eigenvalue weighted by Gasteiger charge is -2.28. The fraction of sp³-hybridized carbons (Fsp3) is 0.474. The highest BCUT2D eigenvalue weighted by atomic mass is 16.6. The Hall–Kier alpha value is -3.10. The van der Waals surface area contributed by atoms with Gasteiger partial charge in [-0.3, -0.25) is 14.9 Å². The zero-order valence-electron chi connectivity index (χ0n) is 16.1. The molecule has 0 unspecified atom stereocenters. The summed E-state index contributed by atoms with van der Waals surface area (Å²) in [6.07, 6.45) is 4.04. The SMILES string of the molecule is COC(=O)C1CCC(Nc2c([N+](=O)[O-])cnc3cc(OC)c(OC)cc23)CC1. The lowest BCUT2D eigenvalue weighted by atomic mass is 9.86. The molecular weight excluding hydrogens is 366 g/mol. The van der Waals surface area contributed by atoms with E-state index in [-0.39, 0.29) is 23.6 Å². The van der Waals surface area contributed by atoms with Crippen molar-refractivity contribution in [1.82, 2.24) is 4.98 Å². The third kappa shape index (κ3) is 3.78. The molecule has 0 amide bonds. The maximum absolute atomic E-state index is 11.7. The van der Waals surface area contributed by atoms with Crippen LogP contribution in [0.2, 0.25) is 0 Å². The van der Waals surface area contributed by atoms with Gasteiger partial charge in [-0.25, -0.2) is 4.98 Å². The third-order valence-electron chi connectivity index (χ3n) is 5.16. The van der Waals surface area contributed by atoms with Gasteiger partial charge in [-0.05, 0) is 31.7 Å². The second-order valence-corrected chi connectivity index (χ2v) is 6.72. The average molecular weight is 389 g/mol. The number of nitrogens with one attached hydrogen (secondary N) is 1. The molecule has 0 bridgehead atoms. The quantitative estimate of drug-likeness (QED) is 0.455. The van der Waals surface area contributed by atoms with Gasteiger partial charge in [0.2, 0.25) is 0 Å². The van der Waals surface area contributed by atoms with Crippen LogP contribution in [0.1, 0.15) is 25.7 Å². The molecule has 1 heterocycles. The Balaban J connectivity index is 1.95. The lowest BCUT2D eigenvalue weighted by Crippen LogP contribution is -2.30. The number of pyridine rings is 1. The summed E-state index contributed by atoms with van der Waals surface area (Å²) in [5, 5.41) is 15.5. The largest absolute Gasteiger partial charge is 0.493 e. The van der Waals surface area contributed by atoms with Crippen LogP contribution in [-0.2, 0) is 9.53 Å². The predicted molar refractivity (Wildman–Crippen MR) is 103 cm³/mol. The number of nitro groups is 1. The first-order chi connectivity index (χ1) is 13.5. The Kier molecular flexibility index (Phi) is 5.81. The summed E-state index contributed by atoms with van der Waals surface area (Å²) < 4.78 is 15.5. The van der Waals surface area contributed by atoms with Crippen molar-refractivity contribution in [3.63, 3.8) is 0 Å². The number of benzene rings is 1. The van der Waals surface area contributed by atoms with Crippen LogP contribution in [0.25, 0.3) is 10.9 Å². The molecule has 1 N–H and O–H groups in total. The van der Waals surface area contributed by atoms with Gasteiger partial charge in [0.15, 0.2) is 11.5 Å². The van der Waals surface area contributed by atoms with E-state index in [2.05, 4.69) is 10.3 Å². The van der Waals surface area contributed by atoms with E-state index in [1.807, 2.05) is 0 Å². The maximum atomic E-state index is 11.7. The first-order valence-electron chi connectivity index (χ1n) is 9.02. The Morgan fingerprint density at radius 2 is 1.79 bits per heavy atom. The Morgan fingerprint density at radius 3 is 2.36 bits per heavy atom. The molecule has 150 valence electrons. The number of anilines is 1. The van der Waals surface area contributed by atoms with E-state index in [0.717, 1.165) is 0 Å². The van der Waals surface area contributed by atoms with E-state index in [0.29, 0.717) is 53.8 Å². The zero-order valence-corrected chi connectivity index (χ0v) is 16.1. The molecule has 3 rings (SSSR count). The van der Waals surface area contributed by atoms with Crippen molar-refractivity contribution in [3.05, 3.63) is 28.4 Å². The number of rotatable bonds is 6. The number of aromatic nitrogens is 1. The second kappa shape index (κ2) is 8.28. The zero-order chi connectivity index (χ0) is 20.3. The fourth-order valence-electron chi connectivity index (χ4n) is 3.64. The summed E-state index contributed by atoms with van der Waals surface area (Å²) in [4.78, 5) is 27.0. The summed E-state index contributed by atoms with van der Waals surface area (Å²) in [5.41, 5.74) is 0.862. The van der Waals surface area contributed by atoms with Crippen LogP contribution >= 0.6 is 0 Å². The summed E-state index contributed by atoms with van der Waals surface area (Å²) in [7, 11) is 4.42. The van der Waals surface area contributed by atoms with E-state index in [9.17, 15) is 14.9 Å². The highest BCUT2D eigenvalue weighted by Gasteiger charge is 2.29. The molecule has 0 spiro atoms. The van der Waals surface area contributed by atoms with Gasteiger partial charge in [0.1, 0.15) is 11.9 Å². The van der Waals surface area contributed by atoms with Crippen LogP contribution in [0, 0.1) is 16.0 Å². The van der Waals surface area contributed by atoms with Crippen LogP contribution in [0.3, 0.4) is 0 Å². The highest BCUT2D eigenvalue weighted by molar-refractivity contribution is 5.97. The van der Waals surface area contributed by atoms with Gasteiger partial charge in [-0.2, -0.15) is 0 Å². The van der Waals surface area contributed by atoms with Crippen molar-refractivity contribution in [2.75, 3.05) is 26.6 Å². The normalized spacial score (nSPS) is 19.1. The number of hydrogen-bond acceptors (Lipinski definition) is 8. The minimum atomic E-state index is -0.453. The van der Waals surface area contributed by atoms with Crippen molar-refractivity contribution < 1.29 is 23.9 Å². The molecule has 2 aromatic rings. The van der Waals surface area contributed by atoms with Crippen LogP contribution in [0.4, 0.5) is 11.4 Å². The Morgan fingerprint density at radius 1 is 1.14 bits per heavy atom. The molecule has 1 saturated carbocycles. The molecule has 0 saturated heterocycles. The van der Waals surface area contributed by atoms with Crippen LogP contribution in [-0.4, -0.2) is 43.2 Å². The Labute approximate surface area is 162 Å². The first kappa shape index (κ1) is 19.7. The summed E-state index contributed by atoms with van der Waals surface area (Å²) in [5.74, 6) is 0.655. The van der Waals surface area contributed by atoms with Gasteiger partial charge in [0.25, 0.3) is 0 Å². The van der Waals surface area contributed by atoms with Gasteiger partial charge >= 0.3 is 11.7 Å². The number of carbonyl (C=O) groups excluding carboxylic acids is 1. The van der Waals surface area contributed by atoms with Gasteiger partial charge in [-0.1, -0.05) is 0 Å². The van der Waals surface area contributed by atoms with Crippen LogP contribution in [0.15, 0.2) is 18.3 Å². The van der Waals surface area contributed by atoms with E-state index >= 15 is 0 Å². The second-order valence-electron chi connectivity index (χ2n) is 6.72. The number of carbonyl (C=O) groups is 1. The van der Waals surface area contributed by atoms with Crippen molar-refractivity contribution in [1.29, 1.82) is 0 Å². The molecule has 9 heteroatoms. The molecule has 0 atom stereocenters. The monoisotopic (exact) mass is 389 g/mol. The van der Waals surface area contributed by atoms with E-state index in [1.54, 1.807) is 12.1 Å². The van der Waals surface area contributed by atoms with Crippen molar-refractivity contribution >= 4 is 28.2 Å². The minimum absolute atomic E-state index is 0.0123. The molecule has 1 fully saturated rings. The summed E-state index contributed by atoms with van der Waals surface area (Å²) in [6, 6.07) is 3.40. The summed E-state index contributed by atoms with van der Waals surface area (Å²) in [6.45, 7) is 0. The molecular formula is C19H23N3O6. The highest BCUT2D eigenvalue weighted by Crippen LogP contribution is 2.39. The molecule has 0 radical (unpaired) electrons. The number of hydrogen-bond donors (Lipinski definition) is 1. The number of methoxy groups -OCH3 is 3. The van der Waals surface area contributed by atoms with E-state index < -0.39 is 4.92 Å². The maximum Gasteiger partial charge on any atom is 0.311 e. The topological polar surface area (TPSA) is 113 Å². The van der Waals surface area contributed by atoms with Crippen LogP contribution < -0.4 is 14.8 Å². The van der Waals surface area contributed by atoms with Gasteiger partial charge < -0.3 is 19.5 Å². The van der Waals surface area contributed by atoms with Crippen LogP contribution in [0.5, 0.6) is 11.5 Å². The standard InChI is InChI=1S/C19H23N3O6/c1-26-16-8-13-14(9-17(16)27-2)20-10-15(22(24)25)18(13)21-12-6-4-11(5-7-12)19(23)28-3/h8-12H,4-7H2,1-3H3,(H,20,21). The van der Waals surface area contributed by atoms with Gasteiger partial charge in [0.05, 0.1) is 37.7 Å². The average Bonchev–Trinajstić information content (AvgIpc) is 2.72. The fourth-order valence-corrected chi connectivity index (χ4v) is 3.64. The number of fused-ring (bicyclic) bond motifs is 1.